The van der Waals surface area contributed by atoms with Crippen molar-refractivity contribution in [3.8, 4) is 0 Å². The predicted octanol–water partition coefficient (Wildman–Crippen LogP) is 2.05. The van der Waals surface area contributed by atoms with Gasteiger partial charge in [0.05, 0.1) is 13.2 Å². The first-order valence-electron chi connectivity index (χ1n) is 12.1. The van der Waals surface area contributed by atoms with Crippen LogP contribution in [0.2, 0.25) is 0 Å². The van der Waals surface area contributed by atoms with E-state index in [0.717, 1.165) is 7.11 Å². The molecule has 1 aliphatic heterocycles. The van der Waals surface area contributed by atoms with Crippen LogP contribution < -0.4 is 10.6 Å². The summed E-state index contributed by atoms with van der Waals surface area (Å²) in [5.41, 5.74) is -1.55. The Morgan fingerprint density at radius 3 is 2.06 bits per heavy atom. The maximum absolute atomic E-state index is 13.8. The highest BCUT2D eigenvalue weighted by atomic mass is 16.6. The predicted molar refractivity (Wildman–Crippen MR) is 128 cm³/mol. The summed E-state index contributed by atoms with van der Waals surface area (Å²) in [6.07, 6.45) is -0.519. The molecule has 2 aliphatic rings. The minimum absolute atomic E-state index is 0.0978. The third kappa shape index (κ3) is 6.13. The van der Waals surface area contributed by atoms with Gasteiger partial charge in [-0.2, -0.15) is 0 Å². The fraction of sp³-hybridized carbons (Fsp3) is 0.800. The fourth-order valence-electron chi connectivity index (χ4n) is 4.91. The lowest BCUT2D eigenvalue weighted by molar-refractivity contribution is -0.153. The van der Waals surface area contributed by atoms with E-state index in [1.165, 1.54) is 4.90 Å². The van der Waals surface area contributed by atoms with Crippen LogP contribution >= 0.6 is 0 Å². The van der Waals surface area contributed by atoms with E-state index in [1.807, 2.05) is 34.6 Å². The van der Waals surface area contributed by atoms with Crippen molar-refractivity contribution < 1.29 is 33.4 Å². The van der Waals surface area contributed by atoms with Crippen molar-refractivity contribution in [1.82, 2.24) is 15.5 Å². The number of carbonyl (C=O) groups is 5. The molecule has 0 aromatic rings. The summed E-state index contributed by atoms with van der Waals surface area (Å²) in [6.45, 7) is 16.8. The van der Waals surface area contributed by atoms with E-state index >= 15 is 0 Å². The Morgan fingerprint density at radius 2 is 1.60 bits per heavy atom. The van der Waals surface area contributed by atoms with Gasteiger partial charge in [0.25, 0.3) is 5.78 Å². The van der Waals surface area contributed by atoms with Crippen molar-refractivity contribution in [3.63, 3.8) is 0 Å². The average molecular weight is 496 g/mol. The number of Topliss-reactive ketones (excluding diaryl/α,β-unsaturated/α-hetero) is 1. The van der Waals surface area contributed by atoms with Crippen molar-refractivity contribution >= 4 is 29.7 Å². The minimum Gasteiger partial charge on any atom is -0.463 e. The Hall–Kier alpha value is -2.65. The Balaban J connectivity index is 2.30. The largest absolute Gasteiger partial charge is 0.463 e. The summed E-state index contributed by atoms with van der Waals surface area (Å²) >= 11 is 0. The summed E-state index contributed by atoms with van der Waals surface area (Å²) in [5, 5.41) is 5.35. The Kier molecular flexibility index (Phi) is 7.98. The first-order valence-corrected chi connectivity index (χ1v) is 12.1. The molecule has 3 amide bonds. The number of nitrogens with one attached hydrogen (secondary N) is 2. The van der Waals surface area contributed by atoms with Gasteiger partial charge in [0.15, 0.2) is 0 Å². The highest BCUT2D eigenvalue weighted by molar-refractivity contribution is 6.36. The Labute approximate surface area is 207 Å². The van der Waals surface area contributed by atoms with Gasteiger partial charge in [0, 0.05) is 6.54 Å². The van der Waals surface area contributed by atoms with Crippen LogP contribution in [0.1, 0.15) is 68.7 Å². The second-order valence-corrected chi connectivity index (χ2v) is 12.2. The molecule has 2 fully saturated rings. The molecule has 1 saturated carbocycles. The number of ether oxygens (including phenoxy) is 2. The zero-order chi connectivity index (χ0) is 27.1. The van der Waals surface area contributed by atoms with E-state index in [9.17, 15) is 24.0 Å². The summed E-state index contributed by atoms with van der Waals surface area (Å²) in [6, 6.07) is -2.81. The number of rotatable bonds is 7. The van der Waals surface area contributed by atoms with Crippen LogP contribution in [-0.2, 0) is 28.7 Å². The molecule has 10 nitrogen and oxygen atoms in total. The monoisotopic (exact) mass is 495 g/mol. The summed E-state index contributed by atoms with van der Waals surface area (Å²) in [5.74, 6) is -2.75. The molecule has 2 rings (SSSR count). The number of methoxy groups -OCH3 is 1. The third-order valence-electron chi connectivity index (χ3n) is 6.96. The number of piperidine rings is 1. The molecule has 198 valence electrons. The van der Waals surface area contributed by atoms with E-state index in [2.05, 4.69) is 15.4 Å². The molecule has 0 aromatic heterocycles. The Bertz CT molecular complexity index is 884. The summed E-state index contributed by atoms with van der Waals surface area (Å²) < 4.78 is 9.87. The average Bonchev–Trinajstić information content (AvgIpc) is 3.07. The molecule has 1 saturated heterocycles. The number of carbonyl (C=O) groups excluding carboxylic acids is 5. The fourth-order valence-corrected chi connectivity index (χ4v) is 4.91. The standard InChI is InChI=1S/C25H41N3O7/c1-11-14(17(29)21(32)34-10)26-19(30)16-15-13(25(15,8)9)12-28(16)20(31)18(23(2,3)4)27-22(33)35-24(5,6)7/h13-16,18H,11-12H2,1-10H3,(H,26,30)(H,27,33)/t13-,14?,15-,16-,18?/m0/s1. The van der Waals surface area contributed by atoms with Crippen molar-refractivity contribution in [2.24, 2.45) is 22.7 Å². The number of likely N-dealkylation sites (tertiary alicyclic amines) is 1. The van der Waals surface area contributed by atoms with Crippen LogP contribution in [0, 0.1) is 22.7 Å². The lowest BCUT2D eigenvalue weighted by Gasteiger charge is -2.38. The van der Waals surface area contributed by atoms with Gasteiger partial charge < -0.3 is 25.0 Å². The third-order valence-corrected chi connectivity index (χ3v) is 6.96. The Morgan fingerprint density at radius 1 is 1.03 bits per heavy atom. The first-order chi connectivity index (χ1) is 15.9. The molecule has 35 heavy (non-hydrogen) atoms. The first kappa shape index (κ1) is 28.6. The number of fused-ring (bicyclic) bond motifs is 1. The van der Waals surface area contributed by atoms with Gasteiger partial charge in [0.1, 0.15) is 17.7 Å². The SMILES string of the molecule is CCC(NC(=O)[C@@H]1[C@@H]2[C@H](CN1C(=O)C(NC(=O)OC(C)(C)C)C(C)(C)C)C2(C)C)C(=O)C(=O)OC. The van der Waals surface area contributed by atoms with Crippen molar-refractivity contribution in [2.75, 3.05) is 13.7 Å². The zero-order valence-corrected chi connectivity index (χ0v) is 22.6. The quantitative estimate of drug-likeness (QED) is 0.408. The molecule has 0 radical (unpaired) electrons. The van der Waals surface area contributed by atoms with E-state index in [0.29, 0.717) is 6.54 Å². The maximum Gasteiger partial charge on any atom is 0.408 e. The molecule has 0 spiro atoms. The summed E-state index contributed by atoms with van der Waals surface area (Å²) in [4.78, 5) is 65.3. The minimum atomic E-state index is -1.05. The molecule has 1 heterocycles. The van der Waals surface area contributed by atoms with E-state index in [1.54, 1.807) is 27.7 Å². The van der Waals surface area contributed by atoms with Gasteiger partial charge in [-0.05, 0) is 49.9 Å². The van der Waals surface area contributed by atoms with E-state index in [-0.39, 0.29) is 29.6 Å². The number of nitrogens with zero attached hydrogens (tertiary/aromatic N) is 1. The van der Waals surface area contributed by atoms with Gasteiger partial charge in [-0.25, -0.2) is 9.59 Å². The second-order valence-electron chi connectivity index (χ2n) is 12.2. The van der Waals surface area contributed by atoms with Gasteiger partial charge in [-0.1, -0.05) is 41.5 Å². The van der Waals surface area contributed by atoms with E-state index < -0.39 is 52.9 Å². The molecule has 10 heteroatoms. The van der Waals surface area contributed by atoms with Crippen LogP contribution in [0.3, 0.4) is 0 Å². The van der Waals surface area contributed by atoms with Crippen LogP contribution in [0.25, 0.3) is 0 Å². The number of amides is 3. The molecular weight excluding hydrogens is 454 g/mol. The second kappa shape index (κ2) is 9.78. The van der Waals surface area contributed by atoms with Crippen molar-refractivity contribution in [1.29, 1.82) is 0 Å². The van der Waals surface area contributed by atoms with Crippen LogP contribution in [0.4, 0.5) is 4.79 Å². The normalized spacial score (nSPS) is 24.5. The number of alkyl carbamates (subject to hydrolysis) is 1. The molecule has 2 N–H and O–H groups in total. The topological polar surface area (TPSA) is 131 Å². The summed E-state index contributed by atoms with van der Waals surface area (Å²) in [7, 11) is 1.10. The maximum atomic E-state index is 13.8. The number of ketones is 1. The zero-order valence-electron chi connectivity index (χ0n) is 22.6. The van der Waals surface area contributed by atoms with Crippen LogP contribution in [0.15, 0.2) is 0 Å². The highest BCUT2D eigenvalue weighted by Gasteiger charge is 2.69. The smallest absolute Gasteiger partial charge is 0.408 e. The molecular formula is C25H41N3O7. The van der Waals surface area contributed by atoms with Gasteiger partial charge in [-0.15, -0.1) is 0 Å². The van der Waals surface area contributed by atoms with Crippen molar-refractivity contribution in [3.05, 3.63) is 0 Å². The highest BCUT2D eigenvalue weighted by Crippen LogP contribution is 2.65. The number of hydrogen-bond donors (Lipinski definition) is 2. The molecule has 1 aliphatic carbocycles. The number of hydrogen-bond acceptors (Lipinski definition) is 7. The molecule has 0 aromatic carbocycles. The molecule has 5 atom stereocenters. The lowest BCUT2D eigenvalue weighted by atomic mass is 9.85. The van der Waals surface area contributed by atoms with Gasteiger partial charge in [-0.3, -0.25) is 14.4 Å². The van der Waals surface area contributed by atoms with Gasteiger partial charge >= 0.3 is 12.1 Å². The van der Waals surface area contributed by atoms with Crippen LogP contribution in [-0.4, -0.2) is 71.9 Å². The number of esters is 1. The van der Waals surface area contributed by atoms with Crippen LogP contribution in [0.5, 0.6) is 0 Å². The molecule has 0 bridgehead atoms. The van der Waals surface area contributed by atoms with E-state index in [4.69, 9.17) is 4.74 Å². The van der Waals surface area contributed by atoms with Crippen molar-refractivity contribution in [2.45, 2.75) is 92.5 Å². The molecule has 2 unspecified atom stereocenters. The van der Waals surface area contributed by atoms with Gasteiger partial charge in [0.2, 0.25) is 11.8 Å². The lowest BCUT2D eigenvalue weighted by Crippen LogP contribution is -2.60.